The van der Waals surface area contributed by atoms with E-state index in [1.54, 1.807) is 17.8 Å². The van der Waals surface area contributed by atoms with Gasteiger partial charge in [-0.3, -0.25) is 9.48 Å². The molecule has 2 heterocycles. The Morgan fingerprint density at radius 3 is 2.58 bits per heavy atom. The molecule has 0 bridgehead atoms. The predicted molar refractivity (Wildman–Crippen MR) is 128 cm³/mol. The number of hydrogen-bond acceptors (Lipinski definition) is 6. The second kappa shape index (κ2) is 10.0. The fraction of sp³-hybridized carbons (Fsp3) is 0.240. The quantitative estimate of drug-likeness (QED) is 0.391. The fourth-order valence-electron chi connectivity index (χ4n) is 3.27. The molecule has 0 aliphatic rings. The van der Waals surface area contributed by atoms with Gasteiger partial charge < -0.3 is 19.2 Å². The molecule has 0 atom stereocenters. The van der Waals surface area contributed by atoms with Gasteiger partial charge in [-0.25, -0.2) is 4.98 Å². The van der Waals surface area contributed by atoms with Crippen LogP contribution in [0.4, 0.5) is 0 Å². The molecule has 0 fully saturated rings. The first-order chi connectivity index (χ1) is 16.0. The molecule has 0 spiro atoms. The van der Waals surface area contributed by atoms with Gasteiger partial charge in [-0.2, -0.15) is 5.10 Å². The first kappa shape index (κ1) is 22.1. The summed E-state index contributed by atoms with van der Waals surface area (Å²) in [4.78, 5) is 19.4. The van der Waals surface area contributed by atoms with Crippen molar-refractivity contribution in [1.29, 1.82) is 0 Å². The van der Waals surface area contributed by atoms with Crippen molar-refractivity contribution in [2.45, 2.75) is 13.8 Å². The lowest BCUT2D eigenvalue weighted by Gasteiger charge is -2.13. The Labute approximate surface area is 191 Å². The number of hydrogen-bond donors (Lipinski definition) is 1. The molecule has 4 aromatic rings. The molecular formula is C25H26N4O4. The third-order valence-corrected chi connectivity index (χ3v) is 4.95. The minimum atomic E-state index is -0.223. The standard InChI is InChI=1S/C25H26N4O4/c1-4-31-22-15-18(8-12-23-27-24-20(25(30)28-23)16-26-29(24)3)7-11-21(22)33-14-13-32-19-9-5-17(2)6-10-19/h5-12,15-16H,4,13-14H2,1-3H3,(H,27,28,30)/b12-8+. The molecule has 2 aromatic carbocycles. The topological polar surface area (TPSA) is 91.3 Å². The highest BCUT2D eigenvalue weighted by atomic mass is 16.5. The largest absolute Gasteiger partial charge is 0.490 e. The van der Waals surface area contributed by atoms with Crippen molar-refractivity contribution in [1.82, 2.24) is 19.7 Å². The maximum absolute atomic E-state index is 12.2. The Hall–Kier alpha value is -4.07. The zero-order valence-corrected chi connectivity index (χ0v) is 18.9. The second-order valence-corrected chi connectivity index (χ2v) is 7.44. The summed E-state index contributed by atoms with van der Waals surface area (Å²) in [5, 5.41) is 4.54. The summed E-state index contributed by atoms with van der Waals surface area (Å²) in [5.74, 6) is 2.54. The van der Waals surface area contributed by atoms with E-state index in [2.05, 4.69) is 15.1 Å². The number of aryl methyl sites for hydroxylation is 2. The van der Waals surface area contributed by atoms with Crippen LogP contribution >= 0.6 is 0 Å². The number of rotatable bonds is 9. The lowest BCUT2D eigenvalue weighted by atomic mass is 10.2. The van der Waals surface area contributed by atoms with E-state index < -0.39 is 0 Å². The number of nitrogens with one attached hydrogen (secondary N) is 1. The van der Waals surface area contributed by atoms with E-state index in [1.807, 2.05) is 62.4 Å². The van der Waals surface area contributed by atoms with E-state index in [1.165, 1.54) is 11.8 Å². The maximum atomic E-state index is 12.2. The highest BCUT2D eigenvalue weighted by Crippen LogP contribution is 2.29. The molecule has 8 nitrogen and oxygen atoms in total. The van der Waals surface area contributed by atoms with Crippen LogP contribution in [0.15, 0.2) is 53.5 Å². The number of fused-ring (bicyclic) bond motifs is 1. The number of benzene rings is 2. The molecule has 33 heavy (non-hydrogen) atoms. The smallest absolute Gasteiger partial charge is 0.262 e. The Kier molecular flexibility index (Phi) is 6.73. The molecule has 1 N–H and O–H groups in total. The first-order valence-electron chi connectivity index (χ1n) is 10.7. The minimum absolute atomic E-state index is 0.223. The summed E-state index contributed by atoms with van der Waals surface area (Å²) in [6.07, 6.45) is 5.11. The van der Waals surface area contributed by atoms with Crippen LogP contribution < -0.4 is 19.8 Å². The van der Waals surface area contributed by atoms with E-state index in [0.717, 1.165) is 11.3 Å². The molecule has 0 radical (unpaired) electrons. The summed E-state index contributed by atoms with van der Waals surface area (Å²) >= 11 is 0. The van der Waals surface area contributed by atoms with Gasteiger partial charge >= 0.3 is 0 Å². The molecular weight excluding hydrogens is 420 g/mol. The van der Waals surface area contributed by atoms with Gasteiger partial charge in [0, 0.05) is 7.05 Å². The summed E-state index contributed by atoms with van der Waals surface area (Å²) in [6.45, 7) is 5.28. The van der Waals surface area contributed by atoms with Gasteiger partial charge in [0.05, 0.1) is 12.8 Å². The van der Waals surface area contributed by atoms with Crippen LogP contribution in [-0.4, -0.2) is 39.6 Å². The highest BCUT2D eigenvalue weighted by molar-refractivity contribution is 5.75. The van der Waals surface area contributed by atoms with Gasteiger partial charge in [-0.05, 0) is 49.8 Å². The monoisotopic (exact) mass is 446 g/mol. The molecule has 170 valence electrons. The van der Waals surface area contributed by atoms with Crippen molar-refractivity contribution in [3.8, 4) is 17.2 Å². The summed E-state index contributed by atoms with van der Waals surface area (Å²) < 4.78 is 18.9. The van der Waals surface area contributed by atoms with Crippen molar-refractivity contribution >= 4 is 23.2 Å². The second-order valence-electron chi connectivity index (χ2n) is 7.44. The van der Waals surface area contributed by atoms with Crippen molar-refractivity contribution in [2.24, 2.45) is 7.05 Å². The normalized spacial score (nSPS) is 11.2. The van der Waals surface area contributed by atoms with Gasteiger partial charge in [0.2, 0.25) is 0 Å². The molecule has 0 saturated carbocycles. The third kappa shape index (κ3) is 5.41. The molecule has 0 amide bonds. The van der Waals surface area contributed by atoms with E-state index in [9.17, 15) is 4.79 Å². The Morgan fingerprint density at radius 1 is 1.00 bits per heavy atom. The molecule has 0 aliphatic carbocycles. The highest BCUT2D eigenvalue weighted by Gasteiger charge is 2.08. The summed E-state index contributed by atoms with van der Waals surface area (Å²) in [7, 11) is 1.75. The van der Waals surface area contributed by atoms with Crippen molar-refractivity contribution in [2.75, 3.05) is 19.8 Å². The average Bonchev–Trinajstić information content (AvgIpc) is 3.19. The van der Waals surface area contributed by atoms with Gasteiger partial charge in [0.25, 0.3) is 5.56 Å². The molecule has 2 aromatic heterocycles. The van der Waals surface area contributed by atoms with Crippen LogP contribution in [0.1, 0.15) is 23.9 Å². The van der Waals surface area contributed by atoms with Gasteiger partial charge in [0.1, 0.15) is 30.2 Å². The van der Waals surface area contributed by atoms with Gasteiger partial charge in [-0.1, -0.05) is 29.8 Å². The number of H-pyrrole nitrogens is 1. The number of aromatic amines is 1. The first-order valence-corrected chi connectivity index (χ1v) is 10.7. The van der Waals surface area contributed by atoms with Crippen molar-refractivity contribution in [3.63, 3.8) is 0 Å². The molecule has 8 heteroatoms. The summed E-state index contributed by atoms with van der Waals surface area (Å²) in [6, 6.07) is 13.6. The zero-order chi connectivity index (χ0) is 23.2. The number of ether oxygens (including phenoxy) is 3. The fourth-order valence-corrected chi connectivity index (χ4v) is 3.27. The SMILES string of the molecule is CCOc1cc(/C=C/c2nc3c(cnn3C)c(=O)[nH]2)ccc1OCCOc1ccc(C)cc1. The molecule has 4 rings (SSSR count). The third-order valence-electron chi connectivity index (χ3n) is 4.95. The van der Waals surface area contributed by atoms with Crippen LogP contribution in [0.25, 0.3) is 23.2 Å². The molecule has 0 aliphatic heterocycles. The van der Waals surface area contributed by atoms with E-state index in [0.29, 0.717) is 48.2 Å². The predicted octanol–water partition coefficient (Wildman–Crippen LogP) is 3.99. The minimum Gasteiger partial charge on any atom is -0.490 e. The van der Waals surface area contributed by atoms with E-state index in [4.69, 9.17) is 14.2 Å². The Balaban J connectivity index is 1.43. The van der Waals surface area contributed by atoms with Crippen molar-refractivity contribution in [3.05, 3.63) is 76.0 Å². The lowest BCUT2D eigenvalue weighted by molar-refractivity contribution is 0.208. The number of nitrogens with zero attached hydrogens (tertiary/aromatic N) is 3. The van der Waals surface area contributed by atoms with Crippen LogP contribution in [0.5, 0.6) is 17.2 Å². The van der Waals surface area contributed by atoms with Crippen LogP contribution in [-0.2, 0) is 7.05 Å². The van der Waals surface area contributed by atoms with Gasteiger partial charge in [0.15, 0.2) is 17.1 Å². The molecule has 0 saturated heterocycles. The molecule has 0 unspecified atom stereocenters. The Bertz CT molecular complexity index is 1320. The lowest BCUT2D eigenvalue weighted by Crippen LogP contribution is -2.10. The number of aromatic nitrogens is 4. The van der Waals surface area contributed by atoms with Crippen LogP contribution in [0, 0.1) is 6.92 Å². The van der Waals surface area contributed by atoms with Crippen molar-refractivity contribution < 1.29 is 14.2 Å². The van der Waals surface area contributed by atoms with Crippen LogP contribution in [0.3, 0.4) is 0 Å². The van der Waals surface area contributed by atoms with Gasteiger partial charge in [-0.15, -0.1) is 0 Å². The maximum Gasteiger partial charge on any atom is 0.262 e. The average molecular weight is 447 g/mol. The van der Waals surface area contributed by atoms with E-state index in [-0.39, 0.29) is 5.56 Å². The Morgan fingerprint density at radius 2 is 1.79 bits per heavy atom. The van der Waals surface area contributed by atoms with Crippen LogP contribution in [0.2, 0.25) is 0 Å². The summed E-state index contributed by atoms with van der Waals surface area (Å²) in [5.41, 5.74) is 2.38. The van der Waals surface area contributed by atoms with E-state index >= 15 is 0 Å². The zero-order valence-electron chi connectivity index (χ0n) is 18.9.